The smallest absolute Gasteiger partial charge is 0.341 e. The first kappa shape index (κ1) is 24.5. The number of halogens is 1. The van der Waals surface area contributed by atoms with Crippen LogP contribution in [-0.4, -0.2) is 27.7 Å². The number of anilines is 1. The Morgan fingerprint density at radius 1 is 1.08 bits per heavy atom. The fraction of sp³-hybridized carbons (Fsp3) is 0.107. The molecule has 0 atom stereocenters. The highest BCUT2D eigenvalue weighted by atomic mass is 35.5. The molecule has 2 heterocycles. The first-order valence-corrected chi connectivity index (χ1v) is 12.6. The van der Waals surface area contributed by atoms with Crippen molar-refractivity contribution in [2.75, 3.05) is 12.4 Å². The third kappa shape index (κ3) is 5.21. The number of carboxylic acid groups (broad SMARTS) is 1. The molecule has 0 aliphatic carbocycles. The van der Waals surface area contributed by atoms with Crippen molar-refractivity contribution in [1.29, 1.82) is 0 Å². The summed E-state index contributed by atoms with van der Waals surface area (Å²) in [7, 11) is 1.61. The van der Waals surface area contributed by atoms with Gasteiger partial charge in [0.2, 0.25) is 5.43 Å². The molecular formula is C28H22ClN3O4S. The van der Waals surface area contributed by atoms with Gasteiger partial charge < -0.3 is 19.7 Å². The second kappa shape index (κ2) is 10.5. The Kier molecular flexibility index (Phi) is 6.94. The van der Waals surface area contributed by atoms with E-state index in [-0.39, 0.29) is 11.1 Å². The van der Waals surface area contributed by atoms with Crippen LogP contribution in [0.25, 0.3) is 21.5 Å². The van der Waals surface area contributed by atoms with E-state index < -0.39 is 11.4 Å². The number of rotatable bonds is 8. The van der Waals surface area contributed by atoms with E-state index in [0.29, 0.717) is 28.1 Å². The summed E-state index contributed by atoms with van der Waals surface area (Å²) in [4.78, 5) is 29.9. The van der Waals surface area contributed by atoms with Gasteiger partial charge in [-0.1, -0.05) is 71.5 Å². The van der Waals surface area contributed by atoms with Gasteiger partial charge in [0.1, 0.15) is 21.7 Å². The minimum absolute atomic E-state index is 0.131. The van der Waals surface area contributed by atoms with Gasteiger partial charge in [0, 0.05) is 24.3 Å². The molecule has 0 unspecified atom stereocenters. The first-order chi connectivity index (χ1) is 17.9. The van der Waals surface area contributed by atoms with Gasteiger partial charge in [-0.3, -0.25) is 4.79 Å². The van der Waals surface area contributed by atoms with E-state index in [4.69, 9.17) is 16.3 Å². The van der Waals surface area contributed by atoms with Crippen LogP contribution in [0.1, 0.15) is 21.5 Å². The molecule has 3 aromatic carbocycles. The largest absolute Gasteiger partial charge is 0.497 e. The number of benzene rings is 3. The zero-order valence-corrected chi connectivity index (χ0v) is 21.3. The number of methoxy groups -OCH3 is 1. The lowest BCUT2D eigenvalue weighted by molar-refractivity contribution is 0.0695. The number of fused-ring (bicyclic) bond motifs is 1. The number of nitrogens with zero attached hydrogens (tertiary/aromatic N) is 2. The summed E-state index contributed by atoms with van der Waals surface area (Å²) in [5.74, 6) is -0.520. The maximum atomic E-state index is 12.9. The summed E-state index contributed by atoms with van der Waals surface area (Å²) < 4.78 is 6.98. The molecule has 0 aliphatic heterocycles. The summed E-state index contributed by atoms with van der Waals surface area (Å²) in [6.07, 6.45) is 1.40. The van der Waals surface area contributed by atoms with Gasteiger partial charge in [-0.2, -0.15) is 0 Å². The van der Waals surface area contributed by atoms with E-state index in [9.17, 15) is 14.7 Å². The highest BCUT2D eigenvalue weighted by Gasteiger charge is 2.19. The van der Waals surface area contributed by atoms with Crippen molar-refractivity contribution in [2.24, 2.45) is 0 Å². The average molecular weight is 532 g/mol. The van der Waals surface area contributed by atoms with Crippen LogP contribution >= 0.6 is 22.9 Å². The van der Waals surface area contributed by atoms with Gasteiger partial charge >= 0.3 is 5.97 Å². The summed E-state index contributed by atoms with van der Waals surface area (Å²) in [5.41, 5.74) is 3.17. The molecule has 37 heavy (non-hydrogen) atoms. The van der Waals surface area contributed by atoms with E-state index >= 15 is 0 Å². The van der Waals surface area contributed by atoms with Crippen LogP contribution in [0.2, 0.25) is 5.02 Å². The third-order valence-corrected chi connectivity index (χ3v) is 7.26. The fourth-order valence-electron chi connectivity index (χ4n) is 4.07. The minimum atomic E-state index is -1.28. The van der Waals surface area contributed by atoms with Crippen molar-refractivity contribution < 1.29 is 14.6 Å². The number of aromatic carboxylic acids is 1. The van der Waals surface area contributed by atoms with Crippen molar-refractivity contribution in [3.8, 4) is 16.9 Å². The third-order valence-electron chi connectivity index (χ3n) is 5.96. The molecule has 186 valence electrons. The van der Waals surface area contributed by atoms with Crippen LogP contribution in [0.15, 0.2) is 83.8 Å². The molecule has 0 spiro atoms. The van der Waals surface area contributed by atoms with Crippen LogP contribution < -0.4 is 15.5 Å². The molecule has 9 heteroatoms. The monoisotopic (exact) mass is 531 g/mol. The zero-order valence-electron chi connectivity index (χ0n) is 19.8. The lowest BCUT2D eigenvalue weighted by Crippen LogP contribution is -2.19. The molecule has 0 amide bonds. The molecule has 2 aromatic heterocycles. The van der Waals surface area contributed by atoms with Gasteiger partial charge in [0.25, 0.3) is 0 Å². The van der Waals surface area contributed by atoms with Crippen LogP contribution in [0.5, 0.6) is 5.75 Å². The molecule has 0 saturated heterocycles. The van der Waals surface area contributed by atoms with Crippen LogP contribution in [0, 0.1) is 0 Å². The topological polar surface area (TPSA) is 93.4 Å². The van der Waals surface area contributed by atoms with Crippen molar-refractivity contribution in [1.82, 2.24) is 9.55 Å². The number of aromatic nitrogens is 2. The predicted octanol–water partition coefficient (Wildman–Crippen LogP) is 6.15. The van der Waals surface area contributed by atoms with Crippen LogP contribution in [-0.2, 0) is 13.1 Å². The molecule has 7 nitrogen and oxygen atoms in total. The van der Waals surface area contributed by atoms with E-state index in [0.717, 1.165) is 28.0 Å². The van der Waals surface area contributed by atoms with Gasteiger partial charge in [0.15, 0.2) is 5.13 Å². The van der Waals surface area contributed by atoms with Gasteiger partial charge in [-0.15, -0.1) is 0 Å². The second-order valence-electron chi connectivity index (χ2n) is 8.34. The number of carboxylic acids is 1. The number of nitrogens with one attached hydrogen (secondary N) is 1. The van der Waals surface area contributed by atoms with E-state index in [1.807, 2.05) is 72.8 Å². The lowest BCUT2D eigenvalue weighted by Gasteiger charge is -2.13. The van der Waals surface area contributed by atoms with Crippen LogP contribution in [0.3, 0.4) is 0 Å². The number of pyridine rings is 1. The predicted molar refractivity (Wildman–Crippen MR) is 147 cm³/mol. The molecule has 0 bridgehead atoms. The molecule has 0 saturated carbocycles. The number of thiazole rings is 1. The summed E-state index contributed by atoms with van der Waals surface area (Å²) in [6.45, 7) is 0.846. The van der Waals surface area contributed by atoms with Crippen molar-refractivity contribution in [3.63, 3.8) is 0 Å². The van der Waals surface area contributed by atoms with E-state index in [2.05, 4.69) is 10.3 Å². The molecule has 5 rings (SSSR count). The molecule has 5 aromatic rings. The van der Waals surface area contributed by atoms with Crippen molar-refractivity contribution >= 4 is 44.4 Å². The summed E-state index contributed by atoms with van der Waals surface area (Å²) in [6, 6.07) is 23.0. The fourth-order valence-corrected chi connectivity index (χ4v) is 5.13. The quantitative estimate of drug-likeness (QED) is 0.249. The van der Waals surface area contributed by atoms with Crippen LogP contribution in [0.4, 0.5) is 5.13 Å². The Hall–Kier alpha value is -4.14. The normalized spacial score (nSPS) is 11.0. The highest BCUT2D eigenvalue weighted by molar-refractivity contribution is 7.21. The molecule has 0 fully saturated rings. The van der Waals surface area contributed by atoms with E-state index in [1.165, 1.54) is 17.5 Å². The highest BCUT2D eigenvalue weighted by Crippen LogP contribution is 2.29. The Labute approximate surface area is 221 Å². The van der Waals surface area contributed by atoms with Crippen molar-refractivity contribution in [3.05, 3.63) is 111 Å². The van der Waals surface area contributed by atoms with Crippen molar-refractivity contribution in [2.45, 2.75) is 13.1 Å². The maximum Gasteiger partial charge on any atom is 0.341 e. The maximum absolute atomic E-state index is 12.9. The number of ether oxygens (including phenoxy) is 1. The van der Waals surface area contributed by atoms with Gasteiger partial charge in [-0.25, -0.2) is 9.78 Å². The average Bonchev–Trinajstić information content (AvgIpc) is 3.35. The second-order valence-corrected chi connectivity index (χ2v) is 9.76. The SMILES string of the molecule is COc1ccc(CNc2nc3c(=O)c(C(=O)O)cn(Cc4ccccc4-c4ccc(Cl)cc4)c3s2)cc1. The zero-order chi connectivity index (χ0) is 25.9. The molecule has 0 radical (unpaired) electrons. The summed E-state index contributed by atoms with van der Waals surface area (Å²) in [5, 5.41) is 14.1. The van der Waals surface area contributed by atoms with Gasteiger partial charge in [0.05, 0.1) is 7.11 Å². The Morgan fingerprint density at radius 3 is 2.51 bits per heavy atom. The minimum Gasteiger partial charge on any atom is -0.497 e. The lowest BCUT2D eigenvalue weighted by atomic mass is 9.99. The number of hydrogen-bond donors (Lipinski definition) is 2. The Bertz CT molecular complexity index is 1640. The molecular weight excluding hydrogens is 510 g/mol. The Morgan fingerprint density at radius 2 is 1.81 bits per heavy atom. The molecule has 2 N–H and O–H groups in total. The van der Waals surface area contributed by atoms with Gasteiger partial charge in [-0.05, 0) is 46.5 Å². The number of carbonyl (C=O) groups is 1. The standard InChI is InChI=1S/C28H22ClN3O4S/c1-36-21-12-6-17(7-13-21)14-30-28-31-24-25(33)23(27(34)35)16-32(26(24)37-28)15-19-4-2-3-5-22(19)18-8-10-20(29)11-9-18/h2-13,16H,14-15H2,1H3,(H,30,31)(H,34,35). The number of hydrogen-bond acceptors (Lipinski definition) is 6. The van der Waals surface area contributed by atoms with E-state index in [1.54, 1.807) is 11.7 Å². The Balaban J connectivity index is 1.52. The first-order valence-electron chi connectivity index (χ1n) is 11.4. The molecule has 0 aliphatic rings. The summed E-state index contributed by atoms with van der Waals surface area (Å²) >= 11 is 7.38.